The topological polar surface area (TPSA) is 38.5 Å². The van der Waals surface area contributed by atoms with Crippen molar-refractivity contribution in [3.05, 3.63) is 168 Å². The minimum absolute atomic E-state index is 0. The fraction of sp³-hybridized carbons (Fsp3) is 0.259. The molecule has 6 aromatic carbocycles. The van der Waals surface area contributed by atoms with E-state index in [9.17, 15) is 0 Å². The average Bonchev–Trinajstić information content (AvgIpc) is 3.91. The second-order valence-corrected chi connectivity index (χ2v) is 19.4. The molecule has 0 spiro atoms. The molecule has 3 heterocycles. The Morgan fingerprint density at radius 2 is 1.23 bits per heavy atom. The van der Waals surface area contributed by atoms with Gasteiger partial charge in [0.25, 0.3) is 0 Å². The van der Waals surface area contributed by atoms with Crippen LogP contribution in [0.3, 0.4) is 0 Å². The number of rotatable bonds is 6. The number of ether oxygens (including phenoxy) is 1. The summed E-state index contributed by atoms with van der Waals surface area (Å²) in [6.45, 7) is 26.8. The molecule has 61 heavy (non-hydrogen) atoms. The van der Waals surface area contributed by atoms with Crippen LogP contribution in [0.5, 0.6) is 11.5 Å². The summed E-state index contributed by atoms with van der Waals surface area (Å²) in [6.07, 6.45) is 3.95. The van der Waals surface area contributed by atoms with Gasteiger partial charge in [-0.2, -0.15) is 6.07 Å². The van der Waals surface area contributed by atoms with Crippen LogP contribution in [0.25, 0.3) is 33.4 Å². The molecule has 1 aliphatic heterocycles. The Bertz CT molecular complexity index is 2910. The molecule has 0 fully saturated rings. The van der Waals surface area contributed by atoms with Gasteiger partial charge >= 0.3 is 0 Å². The van der Waals surface area contributed by atoms with Gasteiger partial charge in [0.05, 0.1) is 5.69 Å². The molecular formula is C54H54N5OPt-3. The second kappa shape index (κ2) is 15.4. The van der Waals surface area contributed by atoms with Gasteiger partial charge in [0.2, 0.25) is 5.95 Å². The van der Waals surface area contributed by atoms with Crippen LogP contribution >= 0.6 is 0 Å². The number of benzene rings is 6. The Kier molecular flexibility index (Phi) is 10.6. The number of hydrogen-bond donors (Lipinski definition) is 0. The van der Waals surface area contributed by atoms with E-state index < -0.39 is 0 Å². The summed E-state index contributed by atoms with van der Waals surface area (Å²) < 4.78 is 11.3. The zero-order valence-electron chi connectivity index (χ0n) is 37.1. The number of aromatic nitrogens is 3. The Labute approximate surface area is 376 Å². The summed E-state index contributed by atoms with van der Waals surface area (Å²) in [7, 11) is 0. The van der Waals surface area contributed by atoms with Gasteiger partial charge in [-0.15, -0.1) is 53.6 Å². The van der Waals surface area contributed by atoms with E-state index in [4.69, 9.17) is 9.72 Å². The van der Waals surface area contributed by atoms with Crippen LogP contribution in [0.4, 0.5) is 22.7 Å². The Hall–Kier alpha value is -5.58. The first kappa shape index (κ1) is 42.1. The zero-order valence-corrected chi connectivity index (χ0v) is 39.4. The fourth-order valence-corrected chi connectivity index (χ4v) is 8.44. The van der Waals surface area contributed by atoms with Crippen molar-refractivity contribution in [1.82, 2.24) is 14.1 Å². The summed E-state index contributed by atoms with van der Waals surface area (Å²) in [5.74, 6) is 2.03. The van der Waals surface area contributed by atoms with Gasteiger partial charge in [0.1, 0.15) is 0 Å². The van der Waals surface area contributed by atoms with E-state index >= 15 is 0 Å². The van der Waals surface area contributed by atoms with Crippen LogP contribution in [0.1, 0.15) is 90.1 Å². The molecule has 0 radical (unpaired) electrons. The van der Waals surface area contributed by atoms with Crippen LogP contribution in [-0.4, -0.2) is 14.1 Å². The molecule has 0 unspecified atom stereocenters. The van der Waals surface area contributed by atoms with Crippen molar-refractivity contribution < 1.29 is 25.8 Å². The van der Waals surface area contributed by atoms with Crippen LogP contribution in [0, 0.1) is 32.6 Å². The van der Waals surface area contributed by atoms with Crippen molar-refractivity contribution >= 4 is 44.6 Å². The molecule has 6 nitrogen and oxygen atoms in total. The maximum absolute atomic E-state index is 6.84. The van der Waals surface area contributed by atoms with E-state index in [0.717, 1.165) is 61.8 Å². The molecule has 0 bridgehead atoms. The first-order chi connectivity index (χ1) is 28.5. The minimum Gasteiger partial charge on any atom is -0.509 e. The third-order valence-electron chi connectivity index (χ3n) is 11.8. The molecule has 0 saturated heterocycles. The molecule has 2 aromatic heterocycles. The Balaban J connectivity index is 0.00000514. The Morgan fingerprint density at radius 1 is 0.590 bits per heavy atom. The smallest absolute Gasteiger partial charge is 0.217 e. The van der Waals surface area contributed by atoms with Gasteiger partial charge in [-0.05, 0) is 88.1 Å². The molecule has 9 rings (SSSR count). The third kappa shape index (κ3) is 7.69. The van der Waals surface area contributed by atoms with Gasteiger partial charge in [-0.25, -0.2) is 4.98 Å². The summed E-state index contributed by atoms with van der Waals surface area (Å²) >= 11 is 0. The van der Waals surface area contributed by atoms with Crippen LogP contribution in [0.2, 0.25) is 0 Å². The van der Waals surface area contributed by atoms with Gasteiger partial charge in [-0.3, -0.25) is 4.57 Å². The first-order valence-corrected chi connectivity index (χ1v) is 21.0. The normalized spacial score (nSPS) is 13.2. The zero-order chi connectivity index (χ0) is 42.3. The molecule has 314 valence electrons. The van der Waals surface area contributed by atoms with E-state index in [1.165, 1.54) is 22.3 Å². The summed E-state index contributed by atoms with van der Waals surface area (Å²) in [5.41, 5.74) is 13.4. The number of hydrogen-bond acceptors (Lipinski definition) is 4. The molecule has 8 aromatic rings. The van der Waals surface area contributed by atoms with Gasteiger partial charge in [0.15, 0.2) is 0 Å². The number of imidazole rings is 1. The molecule has 0 saturated carbocycles. The van der Waals surface area contributed by atoms with Crippen LogP contribution in [0.15, 0.2) is 122 Å². The van der Waals surface area contributed by atoms with Crippen LogP contribution < -0.4 is 14.5 Å². The fourth-order valence-electron chi connectivity index (χ4n) is 8.44. The van der Waals surface area contributed by atoms with Crippen molar-refractivity contribution in [3.63, 3.8) is 0 Å². The molecule has 0 N–H and O–H groups in total. The standard InChI is InChI=1S/C54H54N5O.Pt/c1-35-27-38(53(6,7)8)28-36(2)50(35)56-26-25-55-51(56)59-46-20-13-12-19-44(46)45-24-23-42(33-49(45)59)60-43-31-39(54(9,10)11)30-41(32-43)58-34-57(47-21-14-15-22-48(47)58)40-18-16-17-37(29-40)52(3,4)5;/h12-31,34H,1-11H3;/q-3;. The van der Waals surface area contributed by atoms with Gasteiger partial charge in [0, 0.05) is 67.5 Å². The maximum atomic E-state index is 6.84. The van der Waals surface area contributed by atoms with Crippen molar-refractivity contribution in [1.29, 1.82) is 0 Å². The number of aryl methyl sites for hydroxylation is 2. The summed E-state index contributed by atoms with van der Waals surface area (Å²) in [5, 5.41) is 2.21. The van der Waals surface area contributed by atoms with Gasteiger partial charge < -0.3 is 19.1 Å². The minimum atomic E-state index is -0.152. The first-order valence-electron chi connectivity index (χ1n) is 21.0. The van der Waals surface area contributed by atoms with E-state index in [0.29, 0.717) is 11.5 Å². The number of anilines is 4. The monoisotopic (exact) mass is 983 g/mol. The quantitative estimate of drug-likeness (QED) is 0.156. The van der Waals surface area contributed by atoms with Crippen molar-refractivity contribution in [2.45, 2.75) is 92.4 Å². The molecular weight excluding hydrogens is 930 g/mol. The van der Waals surface area contributed by atoms with E-state index in [1.54, 1.807) is 0 Å². The van der Waals surface area contributed by atoms with E-state index in [1.807, 2.05) is 12.3 Å². The van der Waals surface area contributed by atoms with E-state index in [2.05, 4.69) is 223 Å². The predicted molar refractivity (Wildman–Crippen MR) is 249 cm³/mol. The average molecular weight is 984 g/mol. The second-order valence-electron chi connectivity index (χ2n) is 19.4. The van der Waals surface area contributed by atoms with Gasteiger partial charge in [-0.1, -0.05) is 122 Å². The number of para-hydroxylation sites is 3. The maximum Gasteiger partial charge on any atom is 0.217 e. The van der Waals surface area contributed by atoms with Crippen molar-refractivity contribution in [3.8, 4) is 23.1 Å². The van der Waals surface area contributed by atoms with E-state index in [-0.39, 0.29) is 37.3 Å². The van der Waals surface area contributed by atoms with Crippen molar-refractivity contribution in [2.75, 3.05) is 9.80 Å². The number of nitrogens with zero attached hydrogens (tertiary/aromatic N) is 5. The third-order valence-corrected chi connectivity index (χ3v) is 11.8. The predicted octanol–water partition coefficient (Wildman–Crippen LogP) is 14.3. The molecule has 0 atom stereocenters. The molecule has 0 amide bonds. The molecule has 1 aliphatic rings. The Morgan fingerprint density at radius 3 is 1.92 bits per heavy atom. The number of fused-ring (bicyclic) bond motifs is 4. The summed E-state index contributed by atoms with van der Waals surface area (Å²) in [6, 6.07) is 46.4. The summed E-state index contributed by atoms with van der Waals surface area (Å²) in [4.78, 5) is 9.50. The SMILES string of the molecule is Cc1cc(C(C)(C)C)cc(C)c1-n1ccnc1-n1c2[c-]c(Oc3[c-]c(N4[CH-]N(c5cccc(C(C)(C)C)c5)c5ccccc54)cc(C(C)(C)C)c3)ccc2c2ccccc21.[Pt]. The molecule has 0 aliphatic carbocycles. The van der Waals surface area contributed by atoms with Crippen molar-refractivity contribution in [2.24, 2.45) is 0 Å². The largest absolute Gasteiger partial charge is 0.509 e. The van der Waals surface area contributed by atoms with Crippen LogP contribution in [-0.2, 0) is 37.3 Å². The molecule has 7 heteroatoms.